The molecular weight excluding hydrogens is 351 g/mol. The monoisotopic (exact) mass is 356 g/mol. The van der Waals surface area contributed by atoms with Gasteiger partial charge in [0.25, 0.3) is 0 Å². The van der Waals surface area contributed by atoms with Crippen LogP contribution in [0.5, 0.6) is 0 Å². The minimum atomic E-state index is -5.14. The Kier molecular flexibility index (Phi) is 73.1. The van der Waals surface area contributed by atoms with Gasteiger partial charge in [-0.05, 0) is 6.92 Å². The normalized spacial score (nSPS) is 6.35. The van der Waals surface area contributed by atoms with Crippen LogP contribution in [0.1, 0.15) is 6.92 Å². The summed E-state index contributed by atoms with van der Waals surface area (Å²) in [6, 6.07) is 0. The average Bonchev–Trinajstić information content (AvgIpc) is 1.50. The Morgan fingerprint density at radius 2 is 1.06 bits per heavy atom. The summed E-state index contributed by atoms with van der Waals surface area (Å²) >= 11 is 0. The van der Waals surface area contributed by atoms with Gasteiger partial charge in [0, 0.05) is 5.97 Å². The number of carboxylic acids is 1. The quantitative estimate of drug-likeness (QED) is 0.314. The van der Waals surface area contributed by atoms with E-state index in [1.807, 2.05) is 0 Å². The molecule has 0 aromatic heterocycles. The zero-order valence-corrected chi connectivity index (χ0v) is 22.5. The van der Waals surface area contributed by atoms with Crippen LogP contribution in [0, 0.1) is 0 Å². The van der Waals surface area contributed by atoms with Crippen LogP contribution in [-0.4, -0.2) is 22.1 Å². The van der Waals surface area contributed by atoms with Gasteiger partial charge in [0.15, 0.2) is 0 Å². The summed E-state index contributed by atoms with van der Waals surface area (Å²) in [5.74, 6) is -1.08. The molecule has 17 heavy (non-hydrogen) atoms. The van der Waals surface area contributed by atoms with Gasteiger partial charge in [0.05, 0.1) is 7.82 Å². The predicted molar refractivity (Wildman–Crippen MR) is 28.5 cm³/mol. The zero-order chi connectivity index (χ0) is 11.7. The summed E-state index contributed by atoms with van der Waals surface area (Å²) in [4.78, 5) is 41.6. The standard InChI is InChI=1S/C2H4O2.CH2O3.3K.Na.H3O4P/c1-2(3)4;2-1(3)4;;;;;1-5(2,3)4/h1H3,(H,3,4);(H2,2,3,4);;;;;(H3,1,2,3,4)/q;;4*+1;/p-4. The third-order valence-corrected chi connectivity index (χ3v) is 0. The number of phosphoric acid groups is 1. The SMILES string of the molecule is CC(=O)[O-].O=C([O-])O.O=P([O-])([O-])O.[K+].[K+].[K+].[Na+]. The van der Waals surface area contributed by atoms with Crippen LogP contribution >= 0.6 is 7.82 Å². The van der Waals surface area contributed by atoms with E-state index in [1.165, 1.54) is 0 Å². The number of hydrogen-bond donors (Lipinski definition) is 2. The fourth-order valence-electron chi connectivity index (χ4n) is 0. The van der Waals surface area contributed by atoms with Gasteiger partial charge in [0.1, 0.15) is 0 Å². The predicted octanol–water partition coefficient (Wildman–Crippen LogP) is -16.5. The van der Waals surface area contributed by atoms with E-state index in [0.29, 0.717) is 0 Å². The molecule has 0 atom stereocenters. The molecule has 0 saturated carbocycles. The second-order valence-electron chi connectivity index (χ2n) is 1.23. The van der Waals surface area contributed by atoms with Gasteiger partial charge < -0.3 is 44.2 Å². The van der Waals surface area contributed by atoms with E-state index in [4.69, 9.17) is 44.2 Å². The van der Waals surface area contributed by atoms with Crippen molar-refractivity contribution >= 4 is 19.9 Å². The van der Waals surface area contributed by atoms with Crippen LogP contribution in [-0.2, 0) is 9.36 Å². The van der Waals surface area contributed by atoms with Crippen LogP contribution in [0.2, 0.25) is 0 Å². The maximum Gasteiger partial charge on any atom is 1.00 e. The van der Waals surface area contributed by atoms with Crippen molar-refractivity contribution in [3.8, 4) is 0 Å². The summed E-state index contributed by atoms with van der Waals surface area (Å²) in [5, 5.41) is 24.2. The maximum atomic E-state index is 8.89. The first-order valence-corrected chi connectivity index (χ1v) is 3.78. The maximum absolute atomic E-state index is 8.89. The molecule has 0 aliphatic rings. The van der Waals surface area contributed by atoms with E-state index in [0.717, 1.165) is 6.92 Å². The van der Waals surface area contributed by atoms with Gasteiger partial charge in [-0.2, -0.15) is 0 Å². The molecule has 80 valence electrons. The Labute approximate surface area is 247 Å². The van der Waals surface area contributed by atoms with Crippen molar-refractivity contribution in [2.45, 2.75) is 6.92 Å². The molecule has 9 nitrogen and oxygen atoms in total. The molecule has 0 fully saturated rings. The third kappa shape index (κ3) is 323. The minimum Gasteiger partial charge on any atom is -0.790 e. The summed E-state index contributed by atoms with van der Waals surface area (Å²) < 4.78 is 8.66. The summed E-state index contributed by atoms with van der Waals surface area (Å²) in [6.45, 7) is 0.972. The molecule has 0 spiro atoms. The summed E-state index contributed by atoms with van der Waals surface area (Å²) in [6.07, 6.45) is -2.08. The third-order valence-electron chi connectivity index (χ3n) is 0. The van der Waals surface area contributed by atoms with Crippen LogP contribution in [0.4, 0.5) is 4.79 Å². The van der Waals surface area contributed by atoms with Crippen molar-refractivity contribution in [3.63, 3.8) is 0 Å². The fraction of sp³-hybridized carbons (Fsp3) is 0.333. The van der Waals surface area contributed by atoms with Gasteiger partial charge in [0.2, 0.25) is 6.16 Å². The van der Waals surface area contributed by atoms with Crippen molar-refractivity contribution in [1.82, 2.24) is 0 Å². The molecule has 2 N–H and O–H groups in total. The first-order chi connectivity index (χ1) is 5.46. The topological polar surface area (TPSA) is 184 Å². The minimum absolute atomic E-state index is 0. The Bertz CT molecular complexity index is 179. The van der Waals surface area contributed by atoms with Crippen molar-refractivity contribution in [2.24, 2.45) is 0 Å². The number of hydrogen-bond acceptors (Lipinski definition) is 7. The second-order valence-corrected chi connectivity index (χ2v) is 2.16. The Morgan fingerprint density at radius 1 is 1.06 bits per heavy atom. The number of carbonyl (C=O) groups excluding carboxylic acids is 1. The van der Waals surface area contributed by atoms with Gasteiger partial charge in [-0.3, -0.25) is 0 Å². The van der Waals surface area contributed by atoms with Crippen LogP contribution < -0.4 is 204 Å². The van der Waals surface area contributed by atoms with E-state index >= 15 is 0 Å². The number of carboxylic acid groups (broad SMARTS) is 3. The van der Waals surface area contributed by atoms with Crippen molar-refractivity contribution in [2.75, 3.05) is 0 Å². The Morgan fingerprint density at radius 3 is 1.06 bits per heavy atom. The molecule has 0 amide bonds. The smallest absolute Gasteiger partial charge is 0.790 e. The first kappa shape index (κ1) is 43.0. The molecule has 0 bridgehead atoms. The Balaban J connectivity index is -0.0000000159. The molecule has 0 aliphatic carbocycles. The molecule has 14 heteroatoms. The van der Waals surface area contributed by atoms with Crippen LogP contribution in [0.3, 0.4) is 0 Å². The molecule has 0 aromatic carbocycles. The average molecular weight is 356 g/mol. The van der Waals surface area contributed by atoms with E-state index in [9.17, 15) is 0 Å². The van der Waals surface area contributed by atoms with Gasteiger partial charge in [-0.1, -0.05) is 0 Å². The van der Waals surface area contributed by atoms with E-state index in [1.54, 1.807) is 0 Å². The summed E-state index contributed by atoms with van der Waals surface area (Å²) in [5.41, 5.74) is 0. The molecule has 0 rings (SSSR count). The number of carbonyl (C=O) groups is 2. The molecule has 0 radical (unpaired) electrons. The van der Waals surface area contributed by atoms with E-state index < -0.39 is 19.9 Å². The molecule has 0 heterocycles. The zero-order valence-electron chi connectivity index (χ0n) is 10.2. The van der Waals surface area contributed by atoms with Crippen LogP contribution in [0.25, 0.3) is 0 Å². The first-order valence-electron chi connectivity index (χ1n) is 2.29. The van der Waals surface area contributed by atoms with Crippen LogP contribution in [0.15, 0.2) is 0 Å². The fourth-order valence-corrected chi connectivity index (χ4v) is 0. The number of rotatable bonds is 0. The number of aliphatic carboxylic acids is 1. The molecule has 0 aliphatic heterocycles. The Hall–Kier alpha value is 4.76. The van der Waals surface area contributed by atoms with Crippen molar-refractivity contribution in [3.05, 3.63) is 0 Å². The van der Waals surface area contributed by atoms with Crippen molar-refractivity contribution in [1.29, 1.82) is 0 Å². The van der Waals surface area contributed by atoms with Crippen molar-refractivity contribution < 1.29 is 228 Å². The van der Waals surface area contributed by atoms with E-state index in [2.05, 4.69) is 0 Å². The molecule has 0 unspecified atom stereocenters. The molecular formula is C3H5K3NaO9P. The second kappa shape index (κ2) is 28.9. The molecule has 0 saturated heterocycles. The van der Waals surface area contributed by atoms with Gasteiger partial charge in [-0.25, -0.2) is 0 Å². The molecule has 0 aromatic rings. The van der Waals surface area contributed by atoms with Gasteiger partial charge >= 0.3 is 184 Å². The van der Waals surface area contributed by atoms with E-state index in [-0.39, 0.29) is 184 Å². The van der Waals surface area contributed by atoms with Gasteiger partial charge in [-0.15, -0.1) is 0 Å². The largest absolute Gasteiger partial charge is 1.00 e. The summed E-state index contributed by atoms with van der Waals surface area (Å²) in [7, 11) is -5.14.